The summed E-state index contributed by atoms with van der Waals surface area (Å²) in [4.78, 5) is 18.5. The lowest BCUT2D eigenvalue weighted by atomic mass is 9.98. The van der Waals surface area contributed by atoms with E-state index < -0.39 is 0 Å². The average Bonchev–Trinajstić information content (AvgIpc) is 2.66. The normalized spacial score (nSPS) is 17.3. The van der Waals surface area contributed by atoms with E-state index in [1.807, 2.05) is 19.1 Å². The van der Waals surface area contributed by atoms with E-state index in [0.29, 0.717) is 13.2 Å². The minimum atomic E-state index is -0.0964. The molecule has 1 unspecified atom stereocenters. The summed E-state index contributed by atoms with van der Waals surface area (Å²) in [6, 6.07) is 8.08. The highest BCUT2D eigenvalue weighted by atomic mass is 127. The van der Waals surface area contributed by atoms with Crippen molar-refractivity contribution in [1.29, 1.82) is 0 Å². The molecule has 1 fully saturated rings. The van der Waals surface area contributed by atoms with Gasteiger partial charge in [-0.3, -0.25) is 9.79 Å². The number of nitrogens with zero attached hydrogens (tertiary/aromatic N) is 2. The van der Waals surface area contributed by atoms with Crippen LogP contribution in [0.15, 0.2) is 29.3 Å². The number of piperidine rings is 1. The van der Waals surface area contributed by atoms with Crippen molar-refractivity contribution in [3.8, 4) is 5.75 Å². The van der Waals surface area contributed by atoms with E-state index in [1.54, 1.807) is 14.2 Å². The molecule has 0 aromatic heterocycles. The number of ether oxygens (including phenoxy) is 2. The molecule has 1 heterocycles. The van der Waals surface area contributed by atoms with Crippen LogP contribution in [0.25, 0.3) is 0 Å². The first kappa shape index (κ1) is 22.5. The van der Waals surface area contributed by atoms with Crippen molar-refractivity contribution in [3.05, 3.63) is 29.8 Å². The molecule has 1 atom stereocenters. The lowest BCUT2D eigenvalue weighted by Gasteiger charge is -2.34. The predicted octanol–water partition coefficient (Wildman–Crippen LogP) is 2.71. The van der Waals surface area contributed by atoms with E-state index in [-0.39, 0.29) is 35.9 Å². The smallest absolute Gasteiger partial charge is 0.310 e. The molecule has 1 aliphatic rings. The Labute approximate surface area is 173 Å². The fourth-order valence-electron chi connectivity index (χ4n) is 3.07. The third-order valence-corrected chi connectivity index (χ3v) is 4.41. The van der Waals surface area contributed by atoms with Crippen LogP contribution in [0.3, 0.4) is 0 Å². The molecule has 0 radical (unpaired) electrons. The summed E-state index contributed by atoms with van der Waals surface area (Å²) in [6.45, 7) is 4.65. The first-order chi connectivity index (χ1) is 12.2. The van der Waals surface area contributed by atoms with Crippen molar-refractivity contribution in [2.75, 3.05) is 40.4 Å². The van der Waals surface area contributed by atoms with E-state index in [0.717, 1.165) is 44.1 Å². The first-order valence-electron chi connectivity index (χ1n) is 8.93. The second kappa shape index (κ2) is 12.0. The highest BCUT2D eigenvalue weighted by Crippen LogP contribution is 2.18. The van der Waals surface area contributed by atoms with Crippen LogP contribution in [-0.4, -0.2) is 57.2 Å². The van der Waals surface area contributed by atoms with Gasteiger partial charge in [-0.1, -0.05) is 12.1 Å². The number of likely N-dealkylation sites (tertiary alicyclic amines) is 1. The highest BCUT2D eigenvalue weighted by Gasteiger charge is 2.28. The molecule has 1 aromatic carbocycles. The van der Waals surface area contributed by atoms with E-state index >= 15 is 0 Å². The van der Waals surface area contributed by atoms with Crippen molar-refractivity contribution in [1.82, 2.24) is 10.2 Å². The van der Waals surface area contributed by atoms with Gasteiger partial charge >= 0.3 is 5.97 Å². The minimum absolute atomic E-state index is 0. The number of nitrogens with one attached hydrogen (secondary N) is 1. The number of carbonyl (C=O) groups is 1. The molecule has 0 amide bonds. The number of benzene rings is 1. The number of hydrogen-bond donors (Lipinski definition) is 1. The van der Waals surface area contributed by atoms with E-state index in [9.17, 15) is 4.79 Å². The van der Waals surface area contributed by atoms with Crippen LogP contribution >= 0.6 is 24.0 Å². The molecule has 6 nitrogen and oxygen atoms in total. The van der Waals surface area contributed by atoms with Crippen LogP contribution in [0.5, 0.6) is 5.75 Å². The van der Waals surface area contributed by atoms with E-state index in [1.165, 1.54) is 5.56 Å². The summed E-state index contributed by atoms with van der Waals surface area (Å²) in [5.74, 6) is 1.56. The molecule has 26 heavy (non-hydrogen) atoms. The number of halogens is 1. The standard InChI is InChI=1S/C19H29N3O3.HI/c1-4-25-18(23)16-6-5-13-22(14-16)19(20-2)21-12-11-15-7-9-17(24-3)10-8-15;/h7-10,16H,4-6,11-14H2,1-3H3,(H,20,21);1H. The number of aliphatic imine (C=N–C) groups is 1. The topological polar surface area (TPSA) is 63.2 Å². The highest BCUT2D eigenvalue weighted by molar-refractivity contribution is 14.0. The van der Waals surface area contributed by atoms with Gasteiger partial charge in [0.15, 0.2) is 5.96 Å². The van der Waals surface area contributed by atoms with Crippen molar-refractivity contribution in [3.63, 3.8) is 0 Å². The van der Waals surface area contributed by atoms with Gasteiger partial charge in [0.05, 0.1) is 19.6 Å². The summed E-state index contributed by atoms with van der Waals surface area (Å²) in [7, 11) is 3.45. The molecule has 1 aliphatic heterocycles. The maximum atomic E-state index is 12.0. The third-order valence-electron chi connectivity index (χ3n) is 4.41. The summed E-state index contributed by atoms with van der Waals surface area (Å²) in [6.07, 6.45) is 2.76. The van der Waals surface area contributed by atoms with Gasteiger partial charge in [0.1, 0.15) is 5.75 Å². The van der Waals surface area contributed by atoms with Gasteiger partial charge in [0, 0.05) is 26.7 Å². The van der Waals surface area contributed by atoms with Gasteiger partial charge in [-0.15, -0.1) is 24.0 Å². The Kier molecular flexibility index (Phi) is 10.4. The van der Waals surface area contributed by atoms with Gasteiger partial charge in [-0.2, -0.15) is 0 Å². The fourth-order valence-corrected chi connectivity index (χ4v) is 3.07. The van der Waals surface area contributed by atoms with Crippen LogP contribution in [0.2, 0.25) is 0 Å². The maximum Gasteiger partial charge on any atom is 0.310 e. The Morgan fingerprint density at radius 2 is 2.08 bits per heavy atom. The summed E-state index contributed by atoms with van der Waals surface area (Å²) in [5, 5.41) is 3.40. The number of hydrogen-bond acceptors (Lipinski definition) is 4. The molecule has 0 spiro atoms. The van der Waals surface area contributed by atoms with Crippen molar-refractivity contribution in [2.24, 2.45) is 10.9 Å². The number of methoxy groups -OCH3 is 1. The van der Waals surface area contributed by atoms with Crippen LogP contribution in [0, 0.1) is 5.92 Å². The predicted molar refractivity (Wildman–Crippen MR) is 114 cm³/mol. The Hall–Kier alpha value is -1.51. The Balaban J connectivity index is 0.00000338. The Morgan fingerprint density at radius 3 is 2.69 bits per heavy atom. The molecular weight excluding hydrogens is 445 g/mol. The van der Waals surface area contributed by atoms with Crippen molar-refractivity contribution >= 4 is 35.9 Å². The maximum absolute atomic E-state index is 12.0. The van der Waals surface area contributed by atoms with Gasteiger partial charge in [-0.25, -0.2) is 0 Å². The van der Waals surface area contributed by atoms with Gasteiger partial charge < -0.3 is 19.7 Å². The monoisotopic (exact) mass is 475 g/mol. The molecule has 146 valence electrons. The lowest BCUT2D eigenvalue weighted by Crippen LogP contribution is -2.48. The summed E-state index contributed by atoms with van der Waals surface area (Å²) in [5.41, 5.74) is 1.24. The SMILES string of the molecule is CCOC(=O)C1CCCN(C(=NC)NCCc2ccc(OC)cc2)C1.I. The van der Waals surface area contributed by atoms with Gasteiger partial charge in [0.25, 0.3) is 0 Å². The van der Waals surface area contributed by atoms with Gasteiger partial charge in [0.2, 0.25) is 0 Å². The number of rotatable bonds is 6. The molecule has 7 heteroatoms. The first-order valence-corrected chi connectivity index (χ1v) is 8.93. The van der Waals surface area contributed by atoms with E-state index in [2.05, 4.69) is 27.3 Å². The molecular formula is C19H30IN3O3. The van der Waals surface area contributed by atoms with Crippen molar-refractivity contribution < 1.29 is 14.3 Å². The molecule has 1 aromatic rings. The average molecular weight is 475 g/mol. The lowest BCUT2D eigenvalue weighted by molar-refractivity contribution is -0.149. The van der Waals surface area contributed by atoms with Crippen molar-refractivity contribution in [2.45, 2.75) is 26.2 Å². The molecule has 2 rings (SSSR count). The fraction of sp³-hybridized carbons (Fsp3) is 0.579. The van der Waals surface area contributed by atoms with Gasteiger partial charge in [-0.05, 0) is 43.9 Å². The van der Waals surface area contributed by atoms with Crippen LogP contribution < -0.4 is 10.1 Å². The molecule has 1 saturated heterocycles. The zero-order valence-corrected chi connectivity index (χ0v) is 18.2. The quantitative estimate of drug-likeness (QED) is 0.297. The second-order valence-electron chi connectivity index (χ2n) is 6.11. The zero-order chi connectivity index (χ0) is 18.1. The van der Waals surface area contributed by atoms with E-state index in [4.69, 9.17) is 9.47 Å². The minimum Gasteiger partial charge on any atom is -0.497 e. The third kappa shape index (κ3) is 6.66. The van der Waals surface area contributed by atoms with Crippen LogP contribution in [0.4, 0.5) is 0 Å². The molecule has 0 bridgehead atoms. The molecule has 0 saturated carbocycles. The van der Waals surface area contributed by atoms with Crippen LogP contribution in [-0.2, 0) is 16.0 Å². The molecule has 0 aliphatic carbocycles. The number of carbonyl (C=O) groups excluding carboxylic acids is 1. The number of guanidine groups is 1. The second-order valence-corrected chi connectivity index (χ2v) is 6.11. The summed E-state index contributed by atoms with van der Waals surface area (Å²) >= 11 is 0. The number of esters is 1. The zero-order valence-electron chi connectivity index (χ0n) is 15.9. The molecule has 1 N–H and O–H groups in total. The largest absolute Gasteiger partial charge is 0.497 e. The summed E-state index contributed by atoms with van der Waals surface area (Å²) < 4.78 is 10.3. The van der Waals surface area contributed by atoms with Crippen LogP contribution in [0.1, 0.15) is 25.3 Å². The Morgan fingerprint density at radius 1 is 1.35 bits per heavy atom. The Bertz CT molecular complexity index is 578.